The van der Waals surface area contributed by atoms with Gasteiger partial charge in [-0.15, -0.1) is 0 Å². The van der Waals surface area contributed by atoms with Crippen molar-refractivity contribution in [3.63, 3.8) is 0 Å². The Bertz CT molecular complexity index is 651. The van der Waals surface area contributed by atoms with Crippen LogP contribution in [0.15, 0.2) is 46.0 Å². The summed E-state index contributed by atoms with van der Waals surface area (Å²) in [6, 6.07) is 11.3. The average Bonchev–Trinajstić information content (AvgIpc) is 3.13. The summed E-state index contributed by atoms with van der Waals surface area (Å²) < 4.78 is 1.69. The van der Waals surface area contributed by atoms with E-state index in [0.717, 1.165) is 18.4 Å². The van der Waals surface area contributed by atoms with Crippen molar-refractivity contribution in [2.75, 3.05) is 0 Å². The molecule has 1 aromatic heterocycles. The van der Waals surface area contributed by atoms with Crippen LogP contribution in [0.5, 0.6) is 0 Å². The van der Waals surface area contributed by atoms with Gasteiger partial charge in [0, 0.05) is 12.1 Å². The molecule has 1 N–H and O–H groups in total. The molecule has 1 fully saturated rings. The zero-order chi connectivity index (χ0) is 11.8. The molecule has 1 aliphatic rings. The molecule has 3 rings (SSSR count). The predicted octanol–water partition coefficient (Wildman–Crippen LogP) is 1.54. The third-order valence-corrected chi connectivity index (χ3v) is 2.96. The fourth-order valence-electron chi connectivity index (χ4n) is 2.03. The Morgan fingerprint density at radius 3 is 2.47 bits per heavy atom. The number of aromatic nitrogens is 2. The topological polar surface area (TPSA) is 54.9 Å². The second-order valence-electron chi connectivity index (χ2n) is 4.29. The Labute approximate surface area is 97.5 Å². The van der Waals surface area contributed by atoms with Crippen LogP contribution in [0.4, 0.5) is 0 Å². The van der Waals surface area contributed by atoms with Gasteiger partial charge in [0.25, 0.3) is 5.56 Å². The fraction of sp³-hybridized carbons (Fsp3) is 0.231. The molecule has 0 radical (unpaired) electrons. The molecule has 4 nitrogen and oxygen atoms in total. The molecule has 1 heterocycles. The van der Waals surface area contributed by atoms with E-state index in [0.29, 0.717) is 5.69 Å². The Hall–Kier alpha value is -2.10. The van der Waals surface area contributed by atoms with Gasteiger partial charge in [0.2, 0.25) is 0 Å². The van der Waals surface area contributed by atoms with E-state index in [9.17, 15) is 9.59 Å². The molecule has 0 amide bonds. The normalized spacial score (nSPS) is 14.8. The zero-order valence-corrected chi connectivity index (χ0v) is 9.22. The number of H-pyrrole nitrogens is 1. The maximum atomic E-state index is 11.8. The molecular weight excluding hydrogens is 216 g/mol. The van der Waals surface area contributed by atoms with Crippen LogP contribution in [0.3, 0.4) is 0 Å². The van der Waals surface area contributed by atoms with Crippen molar-refractivity contribution in [2.24, 2.45) is 0 Å². The third kappa shape index (κ3) is 1.82. The summed E-state index contributed by atoms with van der Waals surface area (Å²) in [5, 5.41) is 0. The number of nitrogens with one attached hydrogen (secondary N) is 1. The first kappa shape index (κ1) is 10.1. The summed E-state index contributed by atoms with van der Waals surface area (Å²) in [5.74, 6) is 0. The van der Waals surface area contributed by atoms with Crippen LogP contribution in [-0.4, -0.2) is 9.55 Å². The van der Waals surface area contributed by atoms with Gasteiger partial charge in [0.05, 0.1) is 5.69 Å². The SMILES string of the molecule is O=c1cc(-c2ccccc2)n(C2CC2)c(=O)[nH]1. The van der Waals surface area contributed by atoms with Gasteiger partial charge < -0.3 is 0 Å². The van der Waals surface area contributed by atoms with Gasteiger partial charge in [-0.05, 0) is 18.4 Å². The molecule has 86 valence electrons. The zero-order valence-electron chi connectivity index (χ0n) is 9.22. The predicted molar refractivity (Wildman–Crippen MR) is 65.0 cm³/mol. The van der Waals surface area contributed by atoms with E-state index in [1.807, 2.05) is 30.3 Å². The number of aromatic amines is 1. The average molecular weight is 228 g/mol. The summed E-state index contributed by atoms with van der Waals surface area (Å²) in [5.41, 5.74) is 0.967. The second-order valence-corrected chi connectivity index (χ2v) is 4.29. The Kier molecular flexibility index (Phi) is 2.21. The van der Waals surface area contributed by atoms with Crippen molar-refractivity contribution in [3.05, 3.63) is 57.2 Å². The number of hydrogen-bond donors (Lipinski definition) is 1. The van der Waals surface area contributed by atoms with E-state index in [1.165, 1.54) is 6.07 Å². The van der Waals surface area contributed by atoms with Crippen LogP contribution in [0.25, 0.3) is 11.3 Å². The summed E-state index contributed by atoms with van der Waals surface area (Å²) in [7, 11) is 0. The highest BCUT2D eigenvalue weighted by atomic mass is 16.2. The molecule has 0 saturated heterocycles. The van der Waals surface area contributed by atoms with E-state index in [1.54, 1.807) is 4.57 Å². The third-order valence-electron chi connectivity index (χ3n) is 2.96. The molecule has 2 aromatic rings. The lowest BCUT2D eigenvalue weighted by molar-refractivity contribution is 0.684. The first-order valence-corrected chi connectivity index (χ1v) is 5.67. The van der Waals surface area contributed by atoms with Crippen molar-refractivity contribution >= 4 is 0 Å². The molecule has 1 aliphatic carbocycles. The lowest BCUT2D eigenvalue weighted by atomic mass is 10.1. The molecular formula is C13H12N2O2. The number of hydrogen-bond acceptors (Lipinski definition) is 2. The van der Waals surface area contributed by atoms with Crippen LogP contribution >= 0.6 is 0 Å². The van der Waals surface area contributed by atoms with Crippen LogP contribution in [-0.2, 0) is 0 Å². The van der Waals surface area contributed by atoms with Crippen molar-refractivity contribution < 1.29 is 0 Å². The summed E-state index contributed by atoms with van der Waals surface area (Å²) in [6.45, 7) is 0. The molecule has 17 heavy (non-hydrogen) atoms. The molecule has 1 saturated carbocycles. The van der Waals surface area contributed by atoms with Crippen molar-refractivity contribution in [2.45, 2.75) is 18.9 Å². The number of nitrogens with zero attached hydrogens (tertiary/aromatic N) is 1. The lowest BCUT2D eigenvalue weighted by Crippen LogP contribution is -2.30. The van der Waals surface area contributed by atoms with Crippen LogP contribution in [0.2, 0.25) is 0 Å². The Morgan fingerprint density at radius 1 is 1.12 bits per heavy atom. The van der Waals surface area contributed by atoms with Gasteiger partial charge in [0.1, 0.15) is 0 Å². The summed E-state index contributed by atoms with van der Waals surface area (Å²) in [4.78, 5) is 25.6. The standard InChI is InChI=1S/C13H12N2O2/c16-12-8-11(9-4-2-1-3-5-9)15(10-6-7-10)13(17)14-12/h1-5,8,10H,6-7H2,(H,14,16,17). The van der Waals surface area contributed by atoms with E-state index >= 15 is 0 Å². The van der Waals surface area contributed by atoms with Crippen LogP contribution < -0.4 is 11.2 Å². The molecule has 4 heteroatoms. The lowest BCUT2D eigenvalue weighted by Gasteiger charge is -2.10. The Morgan fingerprint density at radius 2 is 1.82 bits per heavy atom. The summed E-state index contributed by atoms with van der Waals surface area (Å²) >= 11 is 0. The fourth-order valence-corrected chi connectivity index (χ4v) is 2.03. The quantitative estimate of drug-likeness (QED) is 0.847. The van der Waals surface area contributed by atoms with E-state index < -0.39 is 0 Å². The van der Waals surface area contributed by atoms with Crippen LogP contribution in [0, 0.1) is 0 Å². The minimum Gasteiger partial charge on any atom is -0.290 e. The highest BCUT2D eigenvalue weighted by molar-refractivity contribution is 5.59. The smallest absolute Gasteiger partial charge is 0.290 e. The second kappa shape index (κ2) is 3.73. The van der Waals surface area contributed by atoms with E-state index in [4.69, 9.17) is 0 Å². The maximum absolute atomic E-state index is 11.8. The van der Waals surface area contributed by atoms with Crippen molar-refractivity contribution in [3.8, 4) is 11.3 Å². The highest BCUT2D eigenvalue weighted by Crippen LogP contribution is 2.36. The van der Waals surface area contributed by atoms with Gasteiger partial charge in [0.15, 0.2) is 0 Å². The molecule has 1 aromatic carbocycles. The van der Waals surface area contributed by atoms with Crippen LogP contribution in [0.1, 0.15) is 18.9 Å². The van der Waals surface area contributed by atoms with Gasteiger partial charge in [-0.25, -0.2) is 4.79 Å². The van der Waals surface area contributed by atoms with E-state index in [2.05, 4.69) is 4.98 Å². The molecule has 0 aliphatic heterocycles. The largest absolute Gasteiger partial charge is 0.329 e. The minimum atomic E-state index is -0.342. The number of rotatable bonds is 2. The molecule has 0 unspecified atom stereocenters. The molecule has 0 spiro atoms. The maximum Gasteiger partial charge on any atom is 0.329 e. The molecule has 0 atom stereocenters. The monoisotopic (exact) mass is 228 g/mol. The summed E-state index contributed by atoms with van der Waals surface area (Å²) in [6.07, 6.45) is 2.01. The van der Waals surface area contributed by atoms with Crippen molar-refractivity contribution in [1.82, 2.24) is 9.55 Å². The van der Waals surface area contributed by atoms with Gasteiger partial charge >= 0.3 is 5.69 Å². The first-order chi connectivity index (χ1) is 8.25. The Balaban J connectivity index is 2.28. The number of benzene rings is 1. The minimum absolute atomic E-state index is 0.245. The van der Waals surface area contributed by atoms with Gasteiger partial charge in [-0.3, -0.25) is 14.3 Å². The van der Waals surface area contributed by atoms with Gasteiger partial charge in [-0.2, -0.15) is 0 Å². The van der Waals surface area contributed by atoms with Crippen molar-refractivity contribution in [1.29, 1.82) is 0 Å². The van der Waals surface area contributed by atoms with E-state index in [-0.39, 0.29) is 17.3 Å². The first-order valence-electron chi connectivity index (χ1n) is 5.67. The molecule has 0 bridgehead atoms. The highest BCUT2D eigenvalue weighted by Gasteiger charge is 2.27. The van der Waals surface area contributed by atoms with Gasteiger partial charge in [-0.1, -0.05) is 30.3 Å².